The van der Waals surface area contributed by atoms with Gasteiger partial charge < -0.3 is 10.2 Å². The molecular weight excluding hydrogens is 378 g/mol. The normalized spacial score (nSPS) is 19.0. The van der Waals surface area contributed by atoms with E-state index in [1.165, 1.54) is 18.4 Å². The fourth-order valence-electron chi connectivity index (χ4n) is 3.60. The second kappa shape index (κ2) is 9.73. The first-order chi connectivity index (χ1) is 13.5. The number of amides is 4. The molecule has 0 bridgehead atoms. The average molecular weight is 404 g/mol. The van der Waals surface area contributed by atoms with E-state index in [4.69, 9.17) is 11.6 Å². The van der Waals surface area contributed by atoms with E-state index in [9.17, 15) is 14.4 Å². The Morgan fingerprint density at radius 2 is 1.96 bits per heavy atom. The summed E-state index contributed by atoms with van der Waals surface area (Å²) in [5.74, 6) is -0.380. The van der Waals surface area contributed by atoms with Gasteiger partial charge in [-0.2, -0.15) is 0 Å². The van der Waals surface area contributed by atoms with E-state index < -0.39 is 12.1 Å². The van der Waals surface area contributed by atoms with Gasteiger partial charge in [-0.25, -0.2) is 4.79 Å². The lowest BCUT2D eigenvalue weighted by Gasteiger charge is -2.25. The molecule has 1 heterocycles. The van der Waals surface area contributed by atoms with Crippen molar-refractivity contribution in [1.29, 1.82) is 0 Å². The number of rotatable bonds is 8. The monoisotopic (exact) mass is 403 g/mol. The van der Waals surface area contributed by atoms with Crippen molar-refractivity contribution in [3.05, 3.63) is 46.5 Å². The van der Waals surface area contributed by atoms with Gasteiger partial charge in [-0.15, -0.1) is 0 Å². The zero-order valence-corrected chi connectivity index (χ0v) is 16.6. The molecule has 1 aromatic carbocycles. The molecule has 1 atom stereocenters. The van der Waals surface area contributed by atoms with Gasteiger partial charge in [0, 0.05) is 24.5 Å². The van der Waals surface area contributed by atoms with Gasteiger partial charge >= 0.3 is 6.03 Å². The van der Waals surface area contributed by atoms with Crippen LogP contribution in [0.4, 0.5) is 4.79 Å². The topological polar surface area (TPSA) is 78.5 Å². The first-order valence-corrected chi connectivity index (χ1v) is 10.2. The third kappa shape index (κ3) is 5.83. The molecule has 0 saturated carbocycles. The third-order valence-electron chi connectivity index (χ3n) is 5.23. The first-order valence-electron chi connectivity index (χ1n) is 9.83. The van der Waals surface area contributed by atoms with Gasteiger partial charge in [-0.1, -0.05) is 35.4 Å². The van der Waals surface area contributed by atoms with Crippen molar-refractivity contribution in [2.75, 3.05) is 6.54 Å². The van der Waals surface area contributed by atoms with Crippen LogP contribution in [0.1, 0.15) is 50.5 Å². The molecule has 2 aliphatic rings. The Labute approximate surface area is 170 Å². The number of nitrogens with zero attached hydrogens (tertiary/aromatic N) is 1. The minimum Gasteiger partial charge on any atom is -0.338 e. The van der Waals surface area contributed by atoms with E-state index in [2.05, 4.69) is 16.7 Å². The van der Waals surface area contributed by atoms with Crippen LogP contribution in [0.5, 0.6) is 0 Å². The van der Waals surface area contributed by atoms with E-state index in [0.29, 0.717) is 24.5 Å². The highest BCUT2D eigenvalue weighted by atomic mass is 35.5. The Hall–Kier alpha value is -2.34. The second-order valence-electron chi connectivity index (χ2n) is 7.35. The molecule has 6 nitrogen and oxygen atoms in total. The van der Waals surface area contributed by atoms with Crippen molar-refractivity contribution in [3.63, 3.8) is 0 Å². The van der Waals surface area contributed by atoms with Crippen molar-refractivity contribution >= 4 is 29.4 Å². The summed E-state index contributed by atoms with van der Waals surface area (Å²) in [6.07, 6.45) is 8.38. The molecule has 3 rings (SSSR count). The van der Waals surface area contributed by atoms with Crippen LogP contribution in [-0.4, -0.2) is 35.3 Å². The average Bonchev–Trinajstić information content (AvgIpc) is 3.02. The van der Waals surface area contributed by atoms with E-state index in [1.807, 2.05) is 29.2 Å². The van der Waals surface area contributed by atoms with Crippen LogP contribution in [-0.2, 0) is 16.1 Å². The summed E-state index contributed by atoms with van der Waals surface area (Å²) < 4.78 is 0. The molecular formula is C21H26ClN3O3. The second-order valence-corrected chi connectivity index (χ2v) is 7.79. The fourth-order valence-corrected chi connectivity index (χ4v) is 3.73. The van der Waals surface area contributed by atoms with Gasteiger partial charge in [0.2, 0.25) is 5.91 Å². The quantitative estimate of drug-likeness (QED) is 0.514. The van der Waals surface area contributed by atoms with Crippen LogP contribution >= 0.6 is 11.6 Å². The maximum atomic E-state index is 12.9. The van der Waals surface area contributed by atoms with Crippen molar-refractivity contribution in [2.45, 2.75) is 57.5 Å². The van der Waals surface area contributed by atoms with E-state index in [0.717, 1.165) is 24.8 Å². The highest BCUT2D eigenvalue weighted by molar-refractivity contribution is 6.30. The number of nitrogens with one attached hydrogen (secondary N) is 2. The number of benzene rings is 1. The zero-order valence-electron chi connectivity index (χ0n) is 15.9. The molecule has 28 heavy (non-hydrogen) atoms. The summed E-state index contributed by atoms with van der Waals surface area (Å²) in [5.41, 5.74) is 2.44. The lowest BCUT2D eigenvalue weighted by atomic mass is 9.97. The number of imide groups is 1. The molecule has 7 heteroatoms. The first kappa shape index (κ1) is 20.4. The Morgan fingerprint density at radius 3 is 2.61 bits per heavy atom. The number of halogens is 1. The van der Waals surface area contributed by atoms with Crippen molar-refractivity contribution < 1.29 is 14.4 Å². The zero-order chi connectivity index (χ0) is 19.9. The summed E-state index contributed by atoms with van der Waals surface area (Å²) in [7, 11) is 0. The molecule has 1 saturated heterocycles. The third-order valence-corrected chi connectivity index (χ3v) is 5.48. The van der Waals surface area contributed by atoms with Crippen LogP contribution in [0.25, 0.3) is 0 Å². The molecule has 4 amide bonds. The van der Waals surface area contributed by atoms with Crippen LogP contribution in [0, 0.1) is 0 Å². The van der Waals surface area contributed by atoms with Crippen LogP contribution in [0.15, 0.2) is 35.9 Å². The smallest absolute Gasteiger partial charge is 0.322 e. The standard InChI is InChI=1S/C21H26ClN3O3/c22-17-8-6-16(7-9-17)14-25(13-12-15-4-2-1-3-5-15)19(26)11-10-18-20(27)24-21(28)23-18/h4,6-9,18H,1-3,5,10-14H2,(H2,23,24,27,28)/t18-/m0/s1. The fraction of sp³-hybridized carbons (Fsp3) is 0.476. The molecule has 0 spiro atoms. The van der Waals surface area contributed by atoms with E-state index in [-0.39, 0.29) is 18.2 Å². The maximum absolute atomic E-state index is 12.9. The largest absolute Gasteiger partial charge is 0.338 e. The Balaban J connectivity index is 1.60. The van der Waals surface area contributed by atoms with Gasteiger partial charge in [0.05, 0.1) is 0 Å². The van der Waals surface area contributed by atoms with E-state index in [1.54, 1.807) is 0 Å². The summed E-state index contributed by atoms with van der Waals surface area (Å²) in [6.45, 7) is 1.16. The molecule has 2 N–H and O–H groups in total. The van der Waals surface area contributed by atoms with Crippen molar-refractivity contribution in [2.24, 2.45) is 0 Å². The maximum Gasteiger partial charge on any atom is 0.322 e. The highest BCUT2D eigenvalue weighted by Gasteiger charge is 2.30. The minimum absolute atomic E-state index is 0.0136. The summed E-state index contributed by atoms with van der Waals surface area (Å²) >= 11 is 5.96. The number of allylic oxidation sites excluding steroid dienone is 1. The molecule has 1 aliphatic heterocycles. The number of carbonyl (C=O) groups is 3. The van der Waals surface area contributed by atoms with Crippen molar-refractivity contribution in [3.8, 4) is 0 Å². The van der Waals surface area contributed by atoms with Gasteiger partial charge in [-0.3, -0.25) is 14.9 Å². The van der Waals surface area contributed by atoms with Crippen molar-refractivity contribution in [1.82, 2.24) is 15.5 Å². The predicted molar refractivity (Wildman–Crippen MR) is 108 cm³/mol. The minimum atomic E-state index is -0.630. The molecule has 1 aliphatic carbocycles. The molecule has 0 radical (unpaired) electrons. The van der Waals surface area contributed by atoms with Gasteiger partial charge in [0.25, 0.3) is 5.91 Å². The van der Waals surface area contributed by atoms with Crippen LogP contribution in [0.3, 0.4) is 0 Å². The molecule has 1 aromatic rings. The number of hydrogen-bond acceptors (Lipinski definition) is 3. The Morgan fingerprint density at radius 1 is 1.18 bits per heavy atom. The van der Waals surface area contributed by atoms with Crippen LogP contribution in [0.2, 0.25) is 5.02 Å². The Kier molecular flexibility index (Phi) is 7.09. The lowest BCUT2D eigenvalue weighted by molar-refractivity contribution is -0.132. The molecule has 150 valence electrons. The highest BCUT2D eigenvalue weighted by Crippen LogP contribution is 2.21. The summed E-state index contributed by atoms with van der Waals surface area (Å²) in [5, 5.41) is 5.41. The predicted octanol–water partition coefficient (Wildman–Crippen LogP) is 3.55. The lowest BCUT2D eigenvalue weighted by Crippen LogP contribution is -2.35. The van der Waals surface area contributed by atoms with Gasteiger partial charge in [0.1, 0.15) is 6.04 Å². The number of urea groups is 1. The Bertz CT molecular complexity index is 761. The summed E-state index contributed by atoms with van der Waals surface area (Å²) in [6, 6.07) is 6.36. The van der Waals surface area contributed by atoms with Gasteiger partial charge in [0.15, 0.2) is 0 Å². The molecule has 0 unspecified atom stereocenters. The van der Waals surface area contributed by atoms with Crippen LogP contribution < -0.4 is 10.6 Å². The van der Waals surface area contributed by atoms with E-state index >= 15 is 0 Å². The number of carbonyl (C=O) groups excluding carboxylic acids is 3. The summed E-state index contributed by atoms with van der Waals surface area (Å²) in [4.78, 5) is 37.6. The number of hydrogen-bond donors (Lipinski definition) is 2. The molecule has 1 fully saturated rings. The van der Waals surface area contributed by atoms with Gasteiger partial charge in [-0.05, 0) is 56.2 Å². The SMILES string of the molecule is O=C1NC(=O)[C@H](CCC(=O)N(CCC2=CCCCC2)Cc2ccc(Cl)cc2)N1. The molecule has 0 aromatic heterocycles.